The van der Waals surface area contributed by atoms with Gasteiger partial charge in [-0.25, -0.2) is 0 Å². The van der Waals surface area contributed by atoms with Gasteiger partial charge < -0.3 is 4.90 Å². The lowest BCUT2D eigenvalue weighted by Crippen LogP contribution is -2.25. The van der Waals surface area contributed by atoms with Gasteiger partial charge in [-0.3, -0.25) is 4.79 Å². The summed E-state index contributed by atoms with van der Waals surface area (Å²) >= 11 is 6.46. The molecule has 1 amide bonds. The first kappa shape index (κ1) is 11.7. The van der Waals surface area contributed by atoms with Gasteiger partial charge in [-0.2, -0.15) is 17.9 Å². The molecule has 1 aromatic carbocycles. The van der Waals surface area contributed by atoms with Crippen LogP contribution in [0, 0.1) is 14.9 Å². The first-order valence-corrected chi connectivity index (χ1v) is 6.39. The van der Waals surface area contributed by atoms with E-state index in [2.05, 4.69) is 41.3 Å². The number of carbonyl (C=O) groups excluding carboxylic acids is 1. The maximum atomic E-state index is 11.7. The monoisotopic (exact) mass is 344 g/mol. The third-order valence-corrected chi connectivity index (χ3v) is 3.68. The summed E-state index contributed by atoms with van der Waals surface area (Å²) in [5.41, 5.74) is 1.49. The van der Waals surface area contributed by atoms with Gasteiger partial charge in [-0.1, -0.05) is 0 Å². The molecule has 0 aromatic heterocycles. The lowest BCUT2D eigenvalue weighted by atomic mass is 10.2. The van der Waals surface area contributed by atoms with Crippen LogP contribution in [0.1, 0.15) is 12.0 Å². The second kappa shape index (κ2) is 4.63. The number of amides is 1. The van der Waals surface area contributed by atoms with Gasteiger partial charge in [0.15, 0.2) is 0 Å². The fourth-order valence-electron chi connectivity index (χ4n) is 1.72. The van der Waals surface area contributed by atoms with E-state index in [9.17, 15) is 4.79 Å². The van der Waals surface area contributed by atoms with Crippen molar-refractivity contribution in [2.45, 2.75) is 11.7 Å². The number of halogens is 1. The van der Waals surface area contributed by atoms with Crippen LogP contribution in [0.2, 0.25) is 0 Å². The van der Waals surface area contributed by atoms with Gasteiger partial charge in [-0.05, 0) is 40.8 Å². The average molecular weight is 344 g/mol. The van der Waals surface area contributed by atoms with Crippen LogP contribution in [0.25, 0.3) is 0 Å². The zero-order chi connectivity index (χ0) is 11.7. The normalized spacial score (nSPS) is 19.9. The molecule has 5 heteroatoms. The van der Waals surface area contributed by atoms with Crippen molar-refractivity contribution < 1.29 is 4.79 Å². The molecule has 3 nitrogen and oxygen atoms in total. The van der Waals surface area contributed by atoms with Crippen LogP contribution in [0.5, 0.6) is 0 Å². The maximum Gasteiger partial charge on any atom is 0.228 e. The molecular formula is C11H9IN2OS. The molecule has 1 heterocycles. The van der Waals surface area contributed by atoms with E-state index < -0.39 is 0 Å². The van der Waals surface area contributed by atoms with Crippen LogP contribution in [-0.2, 0) is 4.79 Å². The number of rotatable bonds is 1. The predicted octanol–water partition coefficient (Wildman–Crippen LogP) is 2.20. The van der Waals surface area contributed by atoms with Gasteiger partial charge in [0.25, 0.3) is 0 Å². The van der Waals surface area contributed by atoms with Gasteiger partial charge in [0.1, 0.15) is 0 Å². The SMILES string of the molecule is N#Cc1ccc(N2CC(S)CC2=O)c(I)c1. The van der Waals surface area contributed by atoms with Crippen LogP contribution in [0.15, 0.2) is 18.2 Å². The molecule has 1 unspecified atom stereocenters. The second-order valence-electron chi connectivity index (χ2n) is 3.64. The molecule has 1 atom stereocenters. The first-order valence-electron chi connectivity index (χ1n) is 4.80. The minimum atomic E-state index is 0.0997. The summed E-state index contributed by atoms with van der Waals surface area (Å²) in [5, 5.41) is 8.88. The van der Waals surface area contributed by atoms with E-state index in [-0.39, 0.29) is 11.2 Å². The van der Waals surface area contributed by atoms with E-state index >= 15 is 0 Å². The molecule has 0 aliphatic carbocycles. The minimum absolute atomic E-state index is 0.0997. The molecule has 0 bridgehead atoms. The van der Waals surface area contributed by atoms with Crippen molar-refractivity contribution in [3.8, 4) is 6.07 Å². The van der Waals surface area contributed by atoms with Crippen molar-refractivity contribution in [1.29, 1.82) is 5.26 Å². The third kappa shape index (κ3) is 2.18. The molecule has 1 aromatic rings. The third-order valence-electron chi connectivity index (χ3n) is 2.47. The minimum Gasteiger partial charge on any atom is -0.310 e. The quantitative estimate of drug-likeness (QED) is 0.627. The number of thiol groups is 1. The Balaban J connectivity index is 2.35. The molecule has 2 rings (SSSR count). The van der Waals surface area contributed by atoms with Gasteiger partial charge in [0.05, 0.1) is 17.3 Å². The van der Waals surface area contributed by atoms with E-state index in [0.717, 1.165) is 9.26 Å². The Hall–Kier alpha value is -0.740. The molecule has 0 N–H and O–H groups in total. The van der Waals surface area contributed by atoms with Crippen LogP contribution in [-0.4, -0.2) is 17.7 Å². The molecule has 0 radical (unpaired) electrons. The smallest absolute Gasteiger partial charge is 0.228 e. The number of hydrogen-bond acceptors (Lipinski definition) is 3. The Morgan fingerprint density at radius 3 is 2.81 bits per heavy atom. The average Bonchev–Trinajstić information content (AvgIpc) is 2.57. The highest BCUT2D eigenvalue weighted by atomic mass is 127. The molecule has 16 heavy (non-hydrogen) atoms. The van der Waals surface area contributed by atoms with Crippen LogP contribution in [0.3, 0.4) is 0 Å². The zero-order valence-corrected chi connectivity index (χ0v) is 11.4. The Labute approximate surface area is 113 Å². The summed E-state index contributed by atoms with van der Waals surface area (Å²) in [4.78, 5) is 13.4. The number of nitrogens with zero attached hydrogens (tertiary/aromatic N) is 2. The van der Waals surface area contributed by atoms with E-state index in [1.54, 1.807) is 17.0 Å². The van der Waals surface area contributed by atoms with Gasteiger partial charge in [-0.15, -0.1) is 0 Å². The highest BCUT2D eigenvalue weighted by molar-refractivity contribution is 14.1. The predicted molar refractivity (Wildman–Crippen MR) is 73.6 cm³/mol. The van der Waals surface area contributed by atoms with Crippen molar-refractivity contribution in [3.05, 3.63) is 27.3 Å². The molecule has 0 spiro atoms. The fourth-order valence-corrected chi connectivity index (χ4v) is 2.84. The van der Waals surface area contributed by atoms with Crippen molar-refractivity contribution in [1.82, 2.24) is 0 Å². The van der Waals surface area contributed by atoms with E-state index in [0.29, 0.717) is 18.5 Å². The van der Waals surface area contributed by atoms with E-state index in [1.165, 1.54) is 0 Å². The molecule has 0 saturated carbocycles. The largest absolute Gasteiger partial charge is 0.310 e. The van der Waals surface area contributed by atoms with Gasteiger partial charge in [0.2, 0.25) is 5.91 Å². The van der Waals surface area contributed by atoms with Gasteiger partial charge in [0, 0.05) is 21.8 Å². The van der Waals surface area contributed by atoms with Crippen molar-refractivity contribution in [2.24, 2.45) is 0 Å². The van der Waals surface area contributed by atoms with E-state index in [4.69, 9.17) is 5.26 Å². The molecular weight excluding hydrogens is 335 g/mol. The summed E-state index contributed by atoms with van der Waals surface area (Å²) in [6.07, 6.45) is 0.485. The summed E-state index contributed by atoms with van der Waals surface area (Å²) in [5.74, 6) is 0.0997. The summed E-state index contributed by atoms with van der Waals surface area (Å²) in [7, 11) is 0. The Kier molecular flexibility index (Phi) is 3.40. The molecule has 1 aliphatic heterocycles. The Bertz CT molecular complexity index is 483. The molecule has 82 valence electrons. The Morgan fingerprint density at radius 2 is 2.31 bits per heavy atom. The summed E-state index contributed by atoms with van der Waals surface area (Å²) in [6, 6.07) is 7.43. The fraction of sp³-hybridized carbons (Fsp3) is 0.273. The number of nitriles is 1. The highest BCUT2D eigenvalue weighted by Crippen LogP contribution is 2.28. The van der Waals surface area contributed by atoms with Gasteiger partial charge >= 0.3 is 0 Å². The number of anilines is 1. The number of carbonyl (C=O) groups is 1. The topological polar surface area (TPSA) is 44.1 Å². The molecule has 1 saturated heterocycles. The van der Waals surface area contributed by atoms with E-state index in [1.807, 2.05) is 6.07 Å². The molecule has 1 aliphatic rings. The van der Waals surface area contributed by atoms with Crippen LogP contribution < -0.4 is 4.90 Å². The first-order chi connectivity index (χ1) is 7.61. The number of hydrogen-bond donors (Lipinski definition) is 1. The zero-order valence-electron chi connectivity index (χ0n) is 8.35. The van der Waals surface area contributed by atoms with Crippen molar-refractivity contribution >= 4 is 46.8 Å². The standard InChI is InChI=1S/C11H9IN2OS/c12-9-3-7(5-13)1-2-10(9)14-6-8(16)4-11(14)15/h1-3,8,16H,4,6H2. The number of benzene rings is 1. The summed E-state index contributed by atoms with van der Waals surface area (Å²) in [6.45, 7) is 0.643. The second-order valence-corrected chi connectivity index (χ2v) is 5.53. The van der Waals surface area contributed by atoms with Crippen molar-refractivity contribution in [2.75, 3.05) is 11.4 Å². The Morgan fingerprint density at radius 1 is 1.56 bits per heavy atom. The molecule has 1 fully saturated rings. The van der Waals surface area contributed by atoms with Crippen molar-refractivity contribution in [3.63, 3.8) is 0 Å². The van der Waals surface area contributed by atoms with Crippen LogP contribution in [0.4, 0.5) is 5.69 Å². The van der Waals surface area contributed by atoms with Crippen LogP contribution >= 0.6 is 35.2 Å². The lowest BCUT2D eigenvalue weighted by molar-refractivity contribution is -0.117. The highest BCUT2D eigenvalue weighted by Gasteiger charge is 2.29. The maximum absolute atomic E-state index is 11.7. The summed E-state index contributed by atoms with van der Waals surface area (Å²) < 4.78 is 0.924. The lowest BCUT2D eigenvalue weighted by Gasteiger charge is -2.17.